The number of aromatic nitrogens is 4. The third-order valence-electron chi connectivity index (χ3n) is 8.26. The summed E-state index contributed by atoms with van der Waals surface area (Å²) in [4.78, 5) is 33.8. The van der Waals surface area contributed by atoms with Gasteiger partial charge in [-0.1, -0.05) is 5.16 Å². The van der Waals surface area contributed by atoms with Crippen LogP contribution in [0.15, 0.2) is 47.6 Å². The van der Waals surface area contributed by atoms with E-state index in [9.17, 15) is 33.0 Å². The van der Waals surface area contributed by atoms with E-state index in [4.69, 9.17) is 9.47 Å². The summed E-state index contributed by atoms with van der Waals surface area (Å²) < 4.78 is 57.1. The van der Waals surface area contributed by atoms with Gasteiger partial charge in [-0.15, -0.1) is 0 Å². The Hall–Kier alpha value is -4.30. The minimum atomic E-state index is -4.73. The number of halogens is 3. The number of ether oxygens (including phenoxy) is 2. The molecule has 0 unspecified atom stereocenters. The standard InChI is InChI=1S/C30H29F3N4O7/c31-30(32,33)27-21(15-43-36-27)22-13-35-28-29(34-7-8-37(22)28)44-19-5-6-20(24(40)12-19)23(39)9-16-1-3-17(4-2-16)10-25(41)26-11-18(38)14-42-26/h5-8,12-13,15-18,26,38,40H,1-4,9-11,14H2/t16-,17+,18-,26+/m1/s1. The van der Waals surface area contributed by atoms with E-state index in [2.05, 4.69) is 19.6 Å². The van der Waals surface area contributed by atoms with Gasteiger partial charge in [0.25, 0.3) is 5.88 Å². The van der Waals surface area contributed by atoms with Crippen LogP contribution in [-0.2, 0) is 15.7 Å². The highest BCUT2D eigenvalue weighted by Crippen LogP contribution is 2.38. The maximum atomic E-state index is 13.4. The number of carbonyl (C=O) groups excluding carboxylic acids is 2. The summed E-state index contributed by atoms with van der Waals surface area (Å²) >= 11 is 0. The number of rotatable bonds is 9. The van der Waals surface area contributed by atoms with Gasteiger partial charge in [-0.2, -0.15) is 13.2 Å². The zero-order chi connectivity index (χ0) is 31.0. The summed E-state index contributed by atoms with van der Waals surface area (Å²) in [5.41, 5.74) is -1.17. The number of imidazole rings is 1. The first-order valence-electron chi connectivity index (χ1n) is 14.3. The van der Waals surface area contributed by atoms with E-state index in [0.717, 1.165) is 31.9 Å². The highest BCUT2D eigenvalue weighted by molar-refractivity contribution is 5.98. The molecule has 4 heterocycles. The molecule has 1 aliphatic carbocycles. The normalized spacial score (nSPS) is 22.4. The van der Waals surface area contributed by atoms with Crippen molar-refractivity contribution in [2.75, 3.05) is 6.61 Å². The first-order chi connectivity index (χ1) is 21.1. The molecule has 14 heteroatoms. The second-order valence-corrected chi connectivity index (χ2v) is 11.3. The van der Waals surface area contributed by atoms with E-state index in [0.29, 0.717) is 12.8 Å². The van der Waals surface area contributed by atoms with Crippen molar-refractivity contribution >= 4 is 17.2 Å². The van der Waals surface area contributed by atoms with Crippen LogP contribution in [0.3, 0.4) is 0 Å². The van der Waals surface area contributed by atoms with Crippen molar-refractivity contribution in [3.8, 4) is 28.6 Å². The van der Waals surface area contributed by atoms with Crippen molar-refractivity contribution in [1.82, 2.24) is 19.5 Å². The van der Waals surface area contributed by atoms with E-state index in [1.54, 1.807) is 0 Å². The second kappa shape index (κ2) is 12.0. The van der Waals surface area contributed by atoms with Gasteiger partial charge in [0, 0.05) is 37.7 Å². The Morgan fingerprint density at radius 1 is 1.09 bits per heavy atom. The number of benzene rings is 1. The number of phenolic OH excluding ortho intramolecular Hbond substituents is 1. The first-order valence-corrected chi connectivity index (χ1v) is 14.3. The van der Waals surface area contributed by atoms with Crippen LogP contribution in [0.2, 0.25) is 0 Å². The van der Waals surface area contributed by atoms with E-state index < -0.39 is 24.1 Å². The van der Waals surface area contributed by atoms with Gasteiger partial charge in [0.2, 0.25) is 5.65 Å². The van der Waals surface area contributed by atoms with Crippen LogP contribution in [0.25, 0.3) is 16.9 Å². The van der Waals surface area contributed by atoms with Gasteiger partial charge in [0.1, 0.15) is 23.9 Å². The molecule has 1 aliphatic heterocycles. The van der Waals surface area contributed by atoms with Crippen LogP contribution in [0.1, 0.15) is 61.0 Å². The van der Waals surface area contributed by atoms with E-state index in [1.807, 2.05) is 0 Å². The number of fused-ring (bicyclic) bond motifs is 1. The van der Waals surface area contributed by atoms with Crippen LogP contribution in [0.4, 0.5) is 13.2 Å². The predicted molar refractivity (Wildman–Crippen MR) is 146 cm³/mol. The second-order valence-electron chi connectivity index (χ2n) is 11.3. The number of hydrogen-bond acceptors (Lipinski definition) is 10. The molecule has 2 fully saturated rings. The van der Waals surface area contributed by atoms with Crippen LogP contribution < -0.4 is 4.74 Å². The Balaban J connectivity index is 1.08. The smallest absolute Gasteiger partial charge is 0.437 e. The third kappa shape index (κ3) is 6.17. The summed E-state index contributed by atoms with van der Waals surface area (Å²) in [5.74, 6) is 0.0110. The SMILES string of the molecule is O=C(C[C@H]1CC[C@@H](CC(=O)[C@@H]2C[C@@H](O)CO2)CC1)c1ccc(Oc2nccn3c(-c4conc4C(F)(F)F)cnc23)cc1O. The predicted octanol–water partition coefficient (Wildman–Crippen LogP) is 5.39. The number of hydrogen-bond donors (Lipinski definition) is 2. The summed E-state index contributed by atoms with van der Waals surface area (Å²) in [7, 11) is 0. The minimum absolute atomic E-state index is 0.0267. The number of aliphatic hydroxyl groups is 1. The molecular formula is C30H29F3N4O7. The molecule has 232 valence electrons. The molecule has 2 aliphatic rings. The van der Waals surface area contributed by atoms with E-state index >= 15 is 0 Å². The molecule has 1 aromatic carbocycles. The van der Waals surface area contributed by atoms with E-state index in [-0.39, 0.29) is 76.3 Å². The van der Waals surface area contributed by atoms with Crippen molar-refractivity contribution in [2.45, 2.75) is 63.3 Å². The van der Waals surface area contributed by atoms with Crippen LogP contribution in [0, 0.1) is 11.8 Å². The molecule has 6 rings (SSSR count). The molecule has 2 N–H and O–H groups in total. The van der Waals surface area contributed by atoms with Crippen LogP contribution >= 0.6 is 0 Å². The van der Waals surface area contributed by atoms with Crippen molar-refractivity contribution in [1.29, 1.82) is 0 Å². The maximum Gasteiger partial charge on any atom is 0.437 e. The highest BCUT2D eigenvalue weighted by Gasteiger charge is 2.39. The van der Waals surface area contributed by atoms with Crippen molar-refractivity contribution in [2.24, 2.45) is 11.8 Å². The average molecular weight is 615 g/mol. The van der Waals surface area contributed by atoms with Crippen molar-refractivity contribution in [3.05, 3.63) is 54.3 Å². The van der Waals surface area contributed by atoms with E-state index in [1.165, 1.54) is 41.2 Å². The Morgan fingerprint density at radius 3 is 2.52 bits per heavy atom. The van der Waals surface area contributed by atoms with Gasteiger partial charge in [-0.3, -0.25) is 14.0 Å². The number of carbonyl (C=O) groups is 2. The highest BCUT2D eigenvalue weighted by atomic mass is 19.4. The molecule has 1 saturated carbocycles. The Kier molecular flexibility index (Phi) is 8.12. The summed E-state index contributed by atoms with van der Waals surface area (Å²) in [6.07, 6.45) is 3.25. The zero-order valence-electron chi connectivity index (χ0n) is 23.4. The number of ketones is 2. The van der Waals surface area contributed by atoms with Gasteiger partial charge in [0.15, 0.2) is 17.3 Å². The molecule has 44 heavy (non-hydrogen) atoms. The lowest BCUT2D eigenvalue weighted by molar-refractivity contribution is -0.142. The number of aliphatic hydroxyl groups excluding tert-OH is 1. The molecule has 11 nitrogen and oxygen atoms in total. The molecule has 3 aromatic heterocycles. The van der Waals surface area contributed by atoms with Gasteiger partial charge in [-0.25, -0.2) is 9.97 Å². The maximum absolute atomic E-state index is 13.4. The number of nitrogens with zero attached hydrogens (tertiary/aromatic N) is 4. The van der Waals surface area contributed by atoms with Crippen LogP contribution in [0.5, 0.6) is 17.4 Å². The number of phenols is 1. The molecule has 4 aromatic rings. The lowest BCUT2D eigenvalue weighted by atomic mass is 9.77. The van der Waals surface area contributed by atoms with Gasteiger partial charge in [-0.05, 0) is 49.7 Å². The Labute approximate surface area is 248 Å². The number of alkyl halides is 3. The largest absolute Gasteiger partial charge is 0.507 e. The minimum Gasteiger partial charge on any atom is -0.507 e. The summed E-state index contributed by atoms with van der Waals surface area (Å²) in [5, 5.41) is 23.3. The molecule has 2 atom stereocenters. The molecule has 1 saturated heterocycles. The van der Waals surface area contributed by atoms with Crippen molar-refractivity contribution < 1.29 is 47.0 Å². The Morgan fingerprint density at radius 2 is 1.84 bits per heavy atom. The fourth-order valence-corrected chi connectivity index (χ4v) is 5.97. The fourth-order valence-electron chi connectivity index (χ4n) is 5.97. The average Bonchev–Trinajstić information content (AvgIpc) is 3.74. The lowest BCUT2D eigenvalue weighted by Crippen LogP contribution is -2.25. The monoisotopic (exact) mass is 614 g/mol. The topological polar surface area (TPSA) is 149 Å². The third-order valence-corrected chi connectivity index (χ3v) is 8.26. The van der Waals surface area contributed by atoms with Gasteiger partial charge < -0.3 is 24.2 Å². The molecule has 0 bridgehead atoms. The molecular weight excluding hydrogens is 585 g/mol. The molecule has 0 radical (unpaired) electrons. The number of Topliss-reactive ketones (excluding diaryl/α,β-unsaturated/α-hetero) is 2. The Bertz CT molecular complexity index is 1680. The first kappa shape index (κ1) is 29.8. The van der Waals surface area contributed by atoms with Crippen molar-refractivity contribution in [3.63, 3.8) is 0 Å². The van der Waals surface area contributed by atoms with Gasteiger partial charge >= 0.3 is 6.18 Å². The van der Waals surface area contributed by atoms with Crippen LogP contribution in [-0.4, -0.2) is 60.1 Å². The lowest BCUT2D eigenvalue weighted by Gasteiger charge is -2.28. The fraction of sp³-hybridized carbons (Fsp3) is 0.433. The number of aromatic hydroxyl groups is 1. The molecule has 0 amide bonds. The zero-order valence-corrected chi connectivity index (χ0v) is 23.4. The summed E-state index contributed by atoms with van der Waals surface area (Å²) in [6.45, 7) is 0.198. The van der Waals surface area contributed by atoms with Gasteiger partial charge in [0.05, 0.1) is 35.7 Å². The molecule has 0 spiro atoms. The quantitative estimate of drug-likeness (QED) is 0.235. The summed E-state index contributed by atoms with van der Waals surface area (Å²) in [6, 6.07) is 4.22.